The molecule has 0 saturated heterocycles. The van der Waals surface area contributed by atoms with Crippen molar-refractivity contribution in [2.45, 2.75) is 40.5 Å². The van der Waals surface area contributed by atoms with Crippen LogP contribution in [0.2, 0.25) is 0 Å². The van der Waals surface area contributed by atoms with Crippen molar-refractivity contribution in [3.05, 3.63) is 59.4 Å². The van der Waals surface area contributed by atoms with E-state index in [1.54, 1.807) is 19.9 Å². The second-order valence-corrected chi connectivity index (χ2v) is 5.67. The maximum absolute atomic E-state index is 9.86. The lowest BCUT2D eigenvalue weighted by atomic mass is 10.0. The summed E-state index contributed by atoms with van der Waals surface area (Å²) >= 11 is 0. The SMILES string of the molecule is C/C=C(\C)C(=O)O.C/C=C/c1cc(-c2ccc(C(C)C)cc2)no1. The first kappa shape index (κ1) is 19.4. The Morgan fingerprint density at radius 3 is 2.25 bits per heavy atom. The predicted octanol–water partition coefficient (Wildman–Crippen LogP) is 5.54. The number of carboxylic acid groups (broad SMARTS) is 1. The molecular weight excluding hydrogens is 302 g/mol. The van der Waals surface area contributed by atoms with Crippen molar-refractivity contribution < 1.29 is 14.4 Å². The Hall–Kier alpha value is -2.62. The Morgan fingerprint density at radius 2 is 1.83 bits per heavy atom. The van der Waals surface area contributed by atoms with E-state index in [1.165, 1.54) is 5.56 Å². The first-order chi connectivity index (χ1) is 11.4. The molecule has 128 valence electrons. The third-order valence-electron chi connectivity index (χ3n) is 3.50. The van der Waals surface area contributed by atoms with Gasteiger partial charge in [0, 0.05) is 17.2 Å². The summed E-state index contributed by atoms with van der Waals surface area (Å²) in [6.07, 6.45) is 5.40. The molecule has 2 rings (SSSR count). The lowest BCUT2D eigenvalue weighted by Gasteiger charge is -2.04. The van der Waals surface area contributed by atoms with E-state index in [0.29, 0.717) is 11.5 Å². The van der Waals surface area contributed by atoms with Crippen molar-refractivity contribution in [1.82, 2.24) is 5.16 Å². The highest BCUT2D eigenvalue weighted by atomic mass is 16.5. The summed E-state index contributed by atoms with van der Waals surface area (Å²) in [5, 5.41) is 12.2. The molecule has 0 unspecified atom stereocenters. The number of hydrogen-bond donors (Lipinski definition) is 1. The average Bonchev–Trinajstić information content (AvgIpc) is 3.03. The first-order valence-electron chi connectivity index (χ1n) is 7.95. The van der Waals surface area contributed by atoms with E-state index < -0.39 is 5.97 Å². The number of aromatic nitrogens is 1. The third kappa shape index (κ3) is 5.88. The second kappa shape index (κ2) is 9.50. The van der Waals surface area contributed by atoms with Gasteiger partial charge in [-0.15, -0.1) is 0 Å². The minimum absolute atomic E-state index is 0.389. The van der Waals surface area contributed by atoms with Gasteiger partial charge in [0.05, 0.1) is 0 Å². The van der Waals surface area contributed by atoms with Gasteiger partial charge in [-0.1, -0.05) is 55.4 Å². The van der Waals surface area contributed by atoms with Crippen LogP contribution in [0.3, 0.4) is 0 Å². The molecule has 0 amide bonds. The highest BCUT2D eigenvalue weighted by molar-refractivity contribution is 5.85. The van der Waals surface area contributed by atoms with Gasteiger partial charge in [0.1, 0.15) is 5.69 Å². The highest BCUT2D eigenvalue weighted by Gasteiger charge is 2.05. The fraction of sp³-hybridized carbons (Fsp3) is 0.300. The molecule has 1 heterocycles. The van der Waals surface area contributed by atoms with Crippen LogP contribution < -0.4 is 0 Å². The van der Waals surface area contributed by atoms with Gasteiger partial charge in [-0.2, -0.15) is 0 Å². The molecule has 0 saturated carbocycles. The number of rotatable bonds is 4. The normalized spacial score (nSPS) is 11.5. The standard InChI is InChI=1S/C15H17NO.C5H8O2/c1-4-5-14-10-15(16-17-14)13-8-6-12(7-9-13)11(2)3;1-3-4(2)5(6)7/h4-11H,1-3H3;3H,1-2H3,(H,6,7)/b5-4+;4-3+. The van der Waals surface area contributed by atoms with Crippen molar-refractivity contribution in [1.29, 1.82) is 0 Å². The molecule has 4 heteroatoms. The molecule has 0 bridgehead atoms. The monoisotopic (exact) mass is 327 g/mol. The molecule has 0 aliphatic rings. The van der Waals surface area contributed by atoms with Crippen LogP contribution >= 0.6 is 0 Å². The lowest BCUT2D eigenvalue weighted by molar-refractivity contribution is -0.132. The van der Waals surface area contributed by atoms with Gasteiger partial charge in [-0.25, -0.2) is 4.79 Å². The smallest absolute Gasteiger partial charge is 0.330 e. The van der Waals surface area contributed by atoms with E-state index >= 15 is 0 Å². The molecular formula is C20H25NO3. The van der Waals surface area contributed by atoms with E-state index in [4.69, 9.17) is 9.63 Å². The van der Waals surface area contributed by atoms with Crippen LogP contribution in [-0.4, -0.2) is 16.2 Å². The van der Waals surface area contributed by atoms with Crippen molar-refractivity contribution in [2.75, 3.05) is 0 Å². The van der Waals surface area contributed by atoms with Crippen LogP contribution in [0.1, 0.15) is 51.9 Å². The summed E-state index contributed by atoms with van der Waals surface area (Å²) in [6, 6.07) is 10.4. The van der Waals surface area contributed by atoms with Gasteiger partial charge in [0.25, 0.3) is 0 Å². The zero-order valence-electron chi connectivity index (χ0n) is 14.9. The lowest BCUT2D eigenvalue weighted by Crippen LogP contribution is -1.93. The average molecular weight is 327 g/mol. The van der Waals surface area contributed by atoms with Gasteiger partial charge in [0.2, 0.25) is 0 Å². The van der Waals surface area contributed by atoms with Crippen LogP contribution in [-0.2, 0) is 4.79 Å². The fourth-order valence-electron chi connectivity index (χ4n) is 1.83. The fourth-order valence-corrected chi connectivity index (χ4v) is 1.83. The first-order valence-corrected chi connectivity index (χ1v) is 7.95. The molecule has 1 aromatic heterocycles. The van der Waals surface area contributed by atoms with E-state index in [1.807, 2.05) is 25.1 Å². The Labute approximate surface area is 143 Å². The van der Waals surface area contributed by atoms with Crippen LogP contribution in [0.15, 0.2) is 52.6 Å². The Balaban J connectivity index is 0.000000351. The molecule has 1 N–H and O–H groups in total. The summed E-state index contributed by atoms with van der Waals surface area (Å²) in [5.74, 6) is 0.498. The minimum Gasteiger partial charge on any atom is -0.478 e. The number of benzene rings is 1. The Morgan fingerprint density at radius 1 is 1.21 bits per heavy atom. The van der Waals surface area contributed by atoms with Gasteiger partial charge in [-0.3, -0.25) is 0 Å². The van der Waals surface area contributed by atoms with Crippen molar-refractivity contribution >= 4 is 12.0 Å². The van der Waals surface area contributed by atoms with Gasteiger partial charge < -0.3 is 9.63 Å². The number of carbonyl (C=O) groups is 1. The van der Waals surface area contributed by atoms with Gasteiger partial charge >= 0.3 is 5.97 Å². The van der Waals surface area contributed by atoms with E-state index in [0.717, 1.165) is 17.0 Å². The number of nitrogens with zero attached hydrogens (tertiary/aromatic N) is 1. The zero-order chi connectivity index (χ0) is 18.1. The second-order valence-electron chi connectivity index (χ2n) is 5.67. The predicted molar refractivity (Wildman–Crippen MR) is 97.8 cm³/mol. The number of aliphatic carboxylic acids is 1. The number of hydrogen-bond acceptors (Lipinski definition) is 3. The van der Waals surface area contributed by atoms with Crippen molar-refractivity contribution in [2.24, 2.45) is 0 Å². The maximum atomic E-state index is 9.86. The summed E-state index contributed by atoms with van der Waals surface area (Å²) in [4.78, 5) is 9.86. The summed E-state index contributed by atoms with van der Waals surface area (Å²) < 4.78 is 5.20. The minimum atomic E-state index is -0.845. The highest BCUT2D eigenvalue weighted by Crippen LogP contribution is 2.22. The molecule has 4 nitrogen and oxygen atoms in total. The van der Waals surface area contributed by atoms with Gasteiger partial charge in [-0.05, 0) is 38.3 Å². The summed E-state index contributed by atoms with van der Waals surface area (Å²) in [6.45, 7) is 9.59. The van der Waals surface area contributed by atoms with Crippen molar-refractivity contribution in [3.8, 4) is 11.3 Å². The zero-order valence-corrected chi connectivity index (χ0v) is 14.9. The van der Waals surface area contributed by atoms with E-state index in [2.05, 4.69) is 43.3 Å². The molecule has 0 aliphatic heterocycles. The van der Waals surface area contributed by atoms with Gasteiger partial charge in [0.15, 0.2) is 5.76 Å². The molecule has 0 fully saturated rings. The van der Waals surface area contributed by atoms with Crippen molar-refractivity contribution in [3.63, 3.8) is 0 Å². The molecule has 0 radical (unpaired) electrons. The molecule has 2 aromatic rings. The van der Waals surface area contributed by atoms with Crippen LogP contribution in [0.5, 0.6) is 0 Å². The van der Waals surface area contributed by atoms with E-state index in [9.17, 15) is 4.79 Å². The molecule has 0 aliphatic carbocycles. The van der Waals surface area contributed by atoms with E-state index in [-0.39, 0.29) is 0 Å². The summed E-state index contributed by atoms with van der Waals surface area (Å²) in [7, 11) is 0. The topological polar surface area (TPSA) is 63.3 Å². The largest absolute Gasteiger partial charge is 0.478 e. The third-order valence-corrected chi connectivity index (χ3v) is 3.50. The van der Waals surface area contributed by atoms with Crippen LogP contribution in [0, 0.1) is 0 Å². The van der Waals surface area contributed by atoms with Crippen LogP contribution in [0.4, 0.5) is 0 Å². The Bertz CT molecular complexity index is 707. The summed E-state index contributed by atoms with van der Waals surface area (Å²) in [5.41, 5.74) is 3.70. The molecule has 24 heavy (non-hydrogen) atoms. The Kier molecular flexibility index (Phi) is 7.69. The maximum Gasteiger partial charge on any atom is 0.330 e. The molecule has 1 aromatic carbocycles. The number of carboxylic acids is 1. The number of allylic oxidation sites excluding steroid dienone is 2. The molecule has 0 atom stereocenters. The van der Waals surface area contributed by atoms with Crippen LogP contribution in [0.25, 0.3) is 17.3 Å². The quantitative estimate of drug-likeness (QED) is 0.749. The molecule has 0 spiro atoms.